The summed E-state index contributed by atoms with van der Waals surface area (Å²) >= 11 is 0. The van der Waals surface area contributed by atoms with Crippen molar-refractivity contribution in [2.75, 3.05) is 0 Å². The van der Waals surface area contributed by atoms with E-state index in [4.69, 9.17) is 5.11 Å². The fraction of sp³-hybridized carbons (Fsp3) is 0.944. The molecule has 2 nitrogen and oxygen atoms in total. The van der Waals surface area contributed by atoms with Gasteiger partial charge in [-0.15, -0.1) is 0 Å². The van der Waals surface area contributed by atoms with Gasteiger partial charge in [0.2, 0.25) is 0 Å². The molecule has 122 valence electrons. The van der Waals surface area contributed by atoms with Crippen LogP contribution in [0.25, 0.3) is 0 Å². The molecule has 21 heavy (non-hydrogen) atoms. The van der Waals surface area contributed by atoms with Crippen molar-refractivity contribution in [1.82, 2.24) is 0 Å². The standard InChI is InChI=1S/C18H36O2.Na.H/c1-2-3-4-5-6-7-8-9-10-11-12-13-14-15-16-17-18(19)20;;/h2-17H2,1H3,(H,19,20);;. The van der Waals surface area contributed by atoms with Gasteiger partial charge in [0.15, 0.2) is 0 Å². The molecule has 0 rings (SSSR count). The van der Waals surface area contributed by atoms with Crippen LogP contribution in [0, 0.1) is 0 Å². The molecule has 0 aliphatic heterocycles. The molecule has 0 spiro atoms. The number of carboxylic acid groups (broad SMARTS) is 1. The van der Waals surface area contributed by atoms with Gasteiger partial charge in [-0.25, -0.2) is 0 Å². The molecule has 0 bridgehead atoms. The van der Waals surface area contributed by atoms with Crippen LogP contribution in [0.2, 0.25) is 0 Å². The first kappa shape index (κ1) is 23.7. The third kappa shape index (κ3) is 22.9. The van der Waals surface area contributed by atoms with Crippen molar-refractivity contribution in [3.63, 3.8) is 0 Å². The number of hydrogen-bond acceptors (Lipinski definition) is 1. The van der Waals surface area contributed by atoms with Crippen LogP contribution in [0.3, 0.4) is 0 Å². The summed E-state index contributed by atoms with van der Waals surface area (Å²) in [7, 11) is 0. The zero-order valence-corrected chi connectivity index (χ0v) is 13.7. The topological polar surface area (TPSA) is 37.3 Å². The Morgan fingerprint density at radius 1 is 0.619 bits per heavy atom. The summed E-state index contributed by atoms with van der Waals surface area (Å²) in [6.45, 7) is 2.27. The number of rotatable bonds is 16. The molecule has 0 atom stereocenters. The molecule has 0 unspecified atom stereocenters. The molecule has 0 radical (unpaired) electrons. The first-order chi connectivity index (χ1) is 9.77. The average Bonchev–Trinajstić information content (AvgIpc) is 2.43. The molecule has 0 aromatic rings. The van der Waals surface area contributed by atoms with E-state index in [1.165, 1.54) is 83.5 Å². The number of carboxylic acids is 1. The number of carbonyl (C=O) groups is 1. The Bertz CT molecular complexity index is 207. The predicted molar refractivity (Wildman–Crippen MR) is 94.3 cm³/mol. The summed E-state index contributed by atoms with van der Waals surface area (Å²) in [6, 6.07) is 0. The molecule has 0 amide bonds. The fourth-order valence-electron chi connectivity index (χ4n) is 2.65. The van der Waals surface area contributed by atoms with Crippen molar-refractivity contribution in [2.24, 2.45) is 0 Å². The van der Waals surface area contributed by atoms with Gasteiger partial charge in [-0.3, -0.25) is 4.79 Å². The van der Waals surface area contributed by atoms with Gasteiger partial charge < -0.3 is 5.11 Å². The maximum absolute atomic E-state index is 10.3. The average molecular weight is 308 g/mol. The summed E-state index contributed by atoms with van der Waals surface area (Å²) in [6.07, 6.45) is 20.2. The number of unbranched alkanes of at least 4 members (excludes halogenated alkanes) is 14. The van der Waals surface area contributed by atoms with Crippen molar-refractivity contribution in [3.05, 3.63) is 0 Å². The molecule has 0 saturated heterocycles. The minimum absolute atomic E-state index is 0. The van der Waals surface area contributed by atoms with Crippen LogP contribution in [0.4, 0.5) is 0 Å². The van der Waals surface area contributed by atoms with Crippen LogP contribution in [0.5, 0.6) is 0 Å². The Kier molecular flexibility index (Phi) is 23.1. The molecular weight excluding hydrogens is 271 g/mol. The monoisotopic (exact) mass is 308 g/mol. The van der Waals surface area contributed by atoms with E-state index in [-0.39, 0.29) is 29.6 Å². The Morgan fingerprint density at radius 3 is 1.19 bits per heavy atom. The van der Waals surface area contributed by atoms with Crippen molar-refractivity contribution in [3.8, 4) is 0 Å². The second-order valence-corrected chi connectivity index (χ2v) is 6.09. The van der Waals surface area contributed by atoms with Gasteiger partial charge in [0.25, 0.3) is 0 Å². The summed E-state index contributed by atoms with van der Waals surface area (Å²) in [5, 5.41) is 8.52. The summed E-state index contributed by atoms with van der Waals surface area (Å²) in [5.41, 5.74) is 0. The molecule has 1 N–H and O–H groups in total. The van der Waals surface area contributed by atoms with E-state index in [2.05, 4.69) is 6.92 Å². The molecule has 0 aliphatic rings. The van der Waals surface area contributed by atoms with Gasteiger partial charge in [0.05, 0.1) is 0 Å². The molecule has 0 heterocycles. The van der Waals surface area contributed by atoms with Crippen LogP contribution >= 0.6 is 0 Å². The van der Waals surface area contributed by atoms with Crippen LogP contribution in [-0.2, 0) is 4.79 Å². The Labute approximate surface area is 154 Å². The summed E-state index contributed by atoms with van der Waals surface area (Å²) < 4.78 is 0. The summed E-state index contributed by atoms with van der Waals surface area (Å²) in [5.74, 6) is -0.653. The van der Waals surface area contributed by atoms with Crippen molar-refractivity contribution >= 4 is 35.5 Å². The normalized spacial score (nSPS) is 10.3. The van der Waals surface area contributed by atoms with Gasteiger partial charge in [0, 0.05) is 6.42 Å². The SMILES string of the molecule is CCCCCCCCCCCCCCCCCC(=O)O.[NaH]. The Balaban J connectivity index is 0. The molecular formula is C18H37NaO2. The second-order valence-electron chi connectivity index (χ2n) is 6.09. The van der Waals surface area contributed by atoms with E-state index in [9.17, 15) is 4.79 Å². The van der Waals surface area contributed by atoms with E-state index in [1.54, 1.807) is 0 Å². The van der Waals surface area contributed by atoms with Gasteiger partial charge in [-0.05, 0) is 6.42 Å². The third-order valence-electron chi connectivity index (χ3n) is 3.99. The van der Waals surface area contributed by atoms with Crippen LogP contribution in [0.15, 0.2) is 0 Å². The van der Waals surface area contributed by atoms with Crippen LogP contribution < -0.4 is 0 Å². The zero-order valence-electron chi connectivity index (χ0n) is 13.7. The van der Waals surface area contributed by atoms with Crippen molar-refractivity contribution in [2.45, 2.75) is 110 Å². The van der Waals surface area contributed by atoms with Crippen LogP contribution in [0.1, 0.15) is 110 Å². The third-order valence-corrected chi connectivity index (χ3v) is 3.99. The van der Waals surface area contributed by atoms with E-state index >= 15 is 0 Å². The van der Waals surface area contributed by atoms with Gasteiger partial charge in [0.1, 0.15) is 0 Å². The van der Waals surface area contributed by atoms with E-state index in [0.29, 0.717) is 6.42 Å². The quantitative estimate of drug-likeness (QED) is 0.294. The fourth-order valence-corrected chi connectivity index (χ4v) is 2.65. The van der Waals surface area contributed by atoms with Gasteiger partial charge >= 0.3 is 35.5 Å². The molecule has 3 heteroatoms. The molecule has 0 aromatic heterocycles. The Morgan fingerprint density at radius 2 is 0.905 bits per heavy atom. The predicted octanol–water partition coefficient (Wildman–Crippen LogP) is 5.68. The van der Waals surface area contributed by atoms with E-state index in [0.717, 1.165) is 12.8 Å². The number of aliphatic carboxylic acids is 1. The maximum atomic E-state index is 10.3. The van der Waals surface area contributed by atoms with Gasteiger partial charge in [-0.2, -0.15) is 0 Å². The second kappa shape index (κ2) is 20.5. The minimum atomic E-state index is -0.653. The van der Waals surface area contributed by atoms with Gasteiger partial charge in [-0.1, -0.05) is 96.8 Å². The van der Waals surface area contributed by atoms with E-state index < -0.39 is 5.97 Å². The first-order valence-corrected chi connectivity index (χ1v) is 8.99. The molecule has 0 aliphatic carbocycles. The summed E-state index contributed by atoms with van der Waals surface area (Å²) in [4.78, 5) is 10.3. The number of hydrogen-bond donors (Lipinski definition) is 1. The molecule has 0 fully saturated rings. The molecule has 0 saturated carbocycles. The first-order valence-electron chi connectivity index (χ1n) is 8.99. The van der Waals surface area contributed by atoms with Crippen molar-refractivity contribution < 1.29 is 9.90 Å². The van der Waals surface area contributed by atoms with Crippen LogP contribution in [-0.4, -0.2) is 40.6 Å². The Hall–Kier alpha value is 0.470. The molecule has 0 aromatic carbocycles. The van der Waals surface area contributed by atoms with Crippen molar-refractivity contribution in [1.29, 1.82) is 0 Å². The van der Waals surface area contributed by atoms with E-state index in [1.807, 2.05) is 0 Å². The zero-order chi connectivity index (χ0) is 14.9.